The van der Waals surface area contributed by atoms with Crippen molar-refractivity contribution in [2.45, 2.75) is 106 Å². The van der Waals surface area contributed by atoms with E-state index in [1.807, 2.05) is 79.3 Å². The molecule has 26 heavy (non-hydrogen) atoms. The van der Waals surface area contributed by atoms with Crippen molar-refractivity contribution in [1.29, 1.82) is 0 Å². The summed E-state index contributed by atoms with van der Waals surface area (Å²) in [5.41, 5.74) is 0. The maximum absolute atomic E-state index is 8.74. The van der Waals surface area contributed by atoms with Crippen LogP contribution in [0.1, 0.15) is 81.1 Å². The van der Waals surface area contributed by atoms with E-state index in [-0.39, 0.29) is 12.1 Å². The molecule has 2 saturated heterocycles. The molecule has 0 amide bonds. The molecule has 0 radical (unpaired) electrons. The standard InChI is InChI=1S/2C6H13NO2.4C2H6/c2*1-7-4-2-3-5(7)6(8)9;4*1-2/h2*5-6,8-9H,2-4H2,1H3;4*1-2H3/t2*5-;;;;/m00..../s1. The third-order valence-corrected chi connectivity index (χ3v) is 3.84. The van der Waals surface area contributed by atoms with Crippen molar-refractivity contribution in [2.24, 2.45) is 0 Å². The largest absolute Gasteiger partial charge is 0.367 e. The van der Waals surface area contributed by atoms with Gasteiger partial charge in [0.15, 0.2) is 12.6 Å². The predicted octanol–water partition coefficient (Wildman–Crippen LogP) is 2.89. The van der Waals surface area contributed by atoms with Gasteiger partial charge in [-0.3, -0.25) is 9.80 Å². The summed E-state index contributed by atoms with van der Waals surface area (Å²) in [6.07, 6.45) is 1.68. The summed E-state index contributed by atoms with van der Waals surface area (Å²) in [5.74, 6) is 0. The summed E-state index contributed by atoms with van der Waals surface area (Å²) in [6.45, 7) is 18.0. The van der Waals surface area contributed by atoms with Gasteiger partial charge in [0.1, 0.15) is 0 Å². The van der Waals surface area contributed by atoms with Crippen LogP contribution in [0.3, 0.4) is 0 Å². The second kappa shape index (κ2) is 24.8. The Morgan fingerprint density at radius 2 is 0.808 bits per heavy atom. The van der Waals surface area contributed by atoms with E-state index in [4.69, 9.17) is 20.4 Å². The van der Waals surface area contributed by atoms with Crippen LogP contribution in [0.4, 0.5) is 0 Å². The van der Waals surface area contributed by atoms with Crippen LogP contribution >= 0.6 is 0 Å². The first-order chi connectivity index (χ1) is 12.4. The van der Waals surface area contributed by atoms with Gasteiger partial charge < -0.3 is 20.4 Å². The first-order valence-corrected chi connectivity index (χ1v) is 10.6. The van der Waals surface area contributed by atoms with E-state index in [9.17, 15) is 0 Å². The molecule has 0 aliphatic carbocycles. The van der Waals surface area contributed by atoms with Crippen LogP contribution in [0, 0.1) is 0 Å². The third-order valence-electron chi connectivity index (χ3n) is 3.84. The highest BCUT2D eigenvalue weighted by molar-refractivity contribution is 4.77. The SMILES string of the molecule is CC.CC.CC.CC.CN1CCC[C@H]1C(O)O.CN1CCC[C@H]1C(O)O. The highest BCUT2D eigenvalue weighted by Gasteiger charge is 2.26. The van der Waals surface area contributed by atoms with Gasteiger partial charge in [-0.15, -0.1) is 0 Å². The van der Waals surface area contributed by atoms with Gasteiger partial charge in [0.25, 0.3) is 0 Å². The van der Waals surface area contributed by atoms with Crippen LogP contribution in [0.5, 0.6) is 0 Å². The summed E-state index contributed by atoms with van der Waals surface area (Å²) in [7, 11) is 3.83. The van der Waals surface area contributed by atoms with Gasteiger partial charge in [-0.1, -0.05) is 55.4 Å². The summed E-state index contributed by atoms with van der Waals surface area (Å²) < 4.78 is 0. The van der Waals surface area contributed by atoms with Crippen molar-refractivity contribution >= 4 is 0 Å². The van der Waals surface area contributed by atoms with Gasteiger partial charge >= 0.3 is 0 Å². The van der Waals surface area contributed by atoms with Crippen LogP contribution < -0.4 is 0 Å². The lowest BCUT2D eigenvalue weighted by atomic mass is 10.2. The molecule has 6 heteroatoms. The zero-order chi connectivity index (χ0) is 21.7. The predicted molar refractivity (Wildman–Crippen MR) is 113 cm³/mol. The second-order valence-corrected chi connectivity index (χ2v) is 5.21. The molecule has 2 aliphatic heterocycles. The number of rotatable bonds is 2. The van der Waals surface area contributed by atoms with Crippen molar-refractivity contribution < 1.29 is 20.4 Å². The molecule has 0 saturated carbocycles. The van der Waals surface area contributed by atoms with Crippen LogP contribution in [0.25, 0.3) is 0 Å². The minimum absolute atomic E-state index is 0.0231. The summed E-state index contributed by atoms with van der Waals surface area (Å²) >= 11 is 0. The van der Waals surface area contributed by atoms with Crippen molar-refractivity contribution in [3.05, 3.63) is 0 Å². The number of likely N-dealkylation sites (tertiary alicyclic amines) is 2. The molecule has 2 heterocycles. The first-order valence-electron chi connectivity index (χ1n) is 10.6. The van der Waals surface area contributed by atoms with E-state index in [1.54, 1.807) is 0 Å². The van der Waals surface area contributed by atoms with Gasteiger partial charge in [0, 0.05) is 0 Å². The van der Waals surface area contributed by atoms with E-state index >= 15 is 0 Å². The maximum atomic E-state index is 8.74. The number of aliphatic hydroxyl groups is 4. The summed E-state index contributed by atoms with van der Waals surface area (Å²) in [5, 5.41) is 34.9. The molecule has 0 unspecified atom stereocenters. The Morgan fingerprint density at radius 3 is 0.885 bits per heavy atom. The van der Waals surface area contributed by atoms with Crippen molar-refractivity contribution in [3.63, 3.8) is 0 Å². The Bertz CT molecular complexity index is 218. The lowest BCUT2D eigenvalue weighted by Gasteiger charge is -2.20. The fraction of sp³-hybridized carbons (Fsp3) is 1.00. The van der Waals surface area contributed by atoms with E-state index < -0.39 is 12.6 Å². The molecule has 2 rings (SSSR count). The van der Waals surface area contributed by atoms with E-state index in [0.29, 0.717) is 0 Å². The van der Waals surface area contributed by atoms with Gasteiger partial charge in [-0.05, 0) is 52.9 Å². The van der Waals surface area contributed by atoms with Crippen LogP contribution in [-0.4, -0.2) is 82.1 Å². The zero-order valence-electron chi connectivity index (χ0n) is 19.2. The monoisotopic (exact) mass is 382 g/mol. The molecular weight excluding hydrogens is 332 g/mol. The second-order valence-electron chi connectivity index (χ2n) is 5.21. The lowest BCUT2D eigenvalue weighted by molar-refractivity contribution is -0.0863. The number of nitrogens with zero attached hydrogens (tertiary/aromatic N) is 2. The van der Waals surface area contributed by atoms with Gasteiger partial charge in [0.2, 0.25) is 0 Å². The van der Waals surface area contributed by atoms with Gasteiger partial charge in [-0.2, -0.15) is 0 Å². The Hall–Kier alpha value is -0.240. The number of likely N-dealkylation sites (N-methyl/N-ethyl adjacent to an activating group) is 2. The average molecular weight is 383 g/mol. The average Bonchev–Trinajstić information content (AvgIpc) is 3.30. The number of hydrogen-bond acceptors (Lipinski definition) is 6. The van der Waals surface area contributed by atoms with Gasteiger partial charge in [-0.25, -0.2) is 0 Å². The highest BCUT2D eigenvalue weighted by atomic mass is 16.5. The van der Waals surface area contributed by atoms with E-state index in [2.05, 4.69) is 0 Å². The molecule has 0 spiro atoms. The van der Waals surface area contributed by atoms with Crippen LogP contribution in [0.15, 0.2) is 0 Å². The quantitative estimate of drug-likeness (QED) is 0.549. The normalized spacial score (nSPS) is 21.7. The first kappa shape index (κ1) is 33.4. The topological polar surface area (TPSA) is 87.4 Å². The lowest BCUT2D eigenvalue weighted by Crippen LogP contribution is -2.35. The Balaban J connectivity index is -0.000000135. The Morgan fingerprint density at radius 1 is 0.577 bits per heavy atom. The number of aliphatic hydroxyl groups excluding tert-OH is 2. The maximum Gasteiger partial charge on any atom is 0.167 e. The van der Waals surface area contributed by atoms with Crippen molar-refractivity contribution in [2.75, 3.05) is 27.2 Å². The molecule has 164 valence electrons. The molecular formula is C20H50N2O4. The molecule has 0 aromatic carbocycles. The molecule has 0 bridgehead atoms. The molecule has 0 aromatic rings. The Labute approximate surface area is 163 Å². The molecule has 2 atom stereocenters. The van der Waals surface area contributed by atoms with Crippen LogP contribution in [-0.2, 0) is 0 Å². The molecule has 6 nitrogen and oxygen atoms in total. The molecule has 0 aromatic heterocycles. The van der Waals surface area contributed by atoms with Crippen molar-refractivity contribution in [1.82, 2.24) is 9.80 Å². The smallest absolute Gasteiger partial charge is 0.167 e. The fourth-order valence-corrected chi connectivity index (χ4v) is 2.63. The minimum atomic E-state index is -1.16. The summed E-state index contributed by atoms with van der Waals surface area (Å²) in [4.78, 5) is 3.95. The van der Waals surface area contributed by atoms with E-state index in [0.717, 1.165) is 38.8 Å². The fourth-order valence-electron chi connectivity index (χ4n) is 2.63. The minimum Gasteiger partial charge on any atom is -0.367 e. The highest BCUT2D eigenvalue weighted by Crippen LogP contribution is 2.16. The molecule has 4 N–H and O–H groups in total. The van der Waals surface area contributed by atoms with Crippen LogP contribution in [0.2, 0.25) is 0 Å². The van der Waals surface area contributed by atoms with Crippen molar-refractivity contribution in [3.8, 4) is 0 Å². The Kier molecular flexibility index (Phi) is 31.8. The number of hydrogen-bond donors (Lipinski definition) is 4. The third kappa shape index (κ3) is 16.0. The zero-order valence-corrected chi connectivity index (χ0v) is 19.2. The summed E-state index contributed by atoms with van der Waals surface area (Å²) in [6, 6.07) is -0.0463. The van der Waals surface area contributed by atoms with E-state index in [1.165, 1.54) is 0 Å². The van der Waals surface area contributed by atoms with Gasteiger partial charge in [0.05, 0.1) is 12.1 Å². The molecule has 2 fully saturated rings. The molecule has 2 aliphatic rings.